The molecule has 3 aromatic heterocycles. The van der Waals surface area contributed by atoms with E-state index in [0.717, 1.165) is 23.1 Å². The van der Waals surface area contributed by atoms with Crippen LogP contribution in [-0.4, -0.2) is 154 Å². The Morgan fingerprint density at radius 1 is 0.296 bits per heavy atom. The van der Waals surface area contributed by atoms with Gasteiger partial charge in [0.05, 0.1) is 28.5 Å². The van der Waals surface area contributed by atoms with Crippen molar-refractivity contribution >= 4 is 188 Å². The maximum Gasteiger partial charge on any atom is 2.00 e. The van der Waals surface area contributed by atoms with Crippen LogP contribution in [0.1, 0.15) is 118 Å². The Bertz CT molecular complexity index is 3140. The van der Waals surface area contributed by atoms with Crippen molar-refractivity contribution in [1.82, 2.24) is 57.5 Å². The molecule has 4 aromatic rings. The molecule has 0 aliphatic carbocycles. The monoisotopic (exact) mass is 1680 g/mol. The largest absolute Gasteiger partial charge is 2.00 e. The Balaban J connectivity index is -0.000000593. The number of hydrogen-bond acceptors (Lipinski definition) is 27. The van der Waals surface area contributed by atoms with Gasteiger partial charge in [-0.25, -0.2) is 0 Å². The van der Waals surface area contributed by atoms with Crippen molar-refractivity contribution in [1.29, 1.82) is 0 Å². The number of amidine groups is 8. The Morgan fingerprint density at radius 3 is 0.878 bits per heavy atom. The van der Waals surface area contributed by atoms with E-state index >= 15 is 0 Å². The molecule has 0 spiro atoms. The zero-order valence-corrected chi connectivity index (χ0v) is 66.4. The third kappa shape index (κ3) is 44.6. The zero-order valence-electron chi connectivity index (χ0n) is 56.1. The van der Waals surface area contributed by atoms with Crippen LogP contribution in [0.5, 0.6) is 0 Å². The van der Waals surface area contributed by atoms with Crippen LogP contribution in [0.25, 0.3) is 0 Å². The van der Waals surface area contributed by atoms with Crippen LogP contribution in [0, 0.1) is 0 Å². The molecule has 4 radical (unpaired) electrons. The Labute approximate surface area is 663 Å². The molecule has 0 bridgehead atoms. The number of benzene rings is 1. The van der Waals surface area contributed by atoms with Gasteiger partial charge in [0.15, 0.2) is 0 Å². The second kappa shape index (κ2) is 61.7. The second-order valence-corrected chi connectivity index (χ2v) is 20.9. The standard InChI is InChI=1S/C17H26N6S2.3C14H21N7S2.4Cu/c1-5-13-8-10-14(11-9-13)15(21-23-17(25)19-7-3)12(4)20-22-16(24)18-6-2;1-4-16-13(22)20-18-10(3)12(11-6-8-15-9-7-11)19-21-14(23)17-5-2;1-4-16-13(22)20-18-10(3)12(11-7-6-8-15-9-11)19-21-14(23)17-5-2;1-4-15-13(22)20-18-10(3)12(11-8-6-7-9-17-11)19-21-14(23)16-5-2;;;;/h8-11H,5-7H2,1-4H3,(H2,18,22,24)(H2,19,23,25);2*6-9H,4-5H2,1-3H3,(H2,16,20,22)(H2,17,21,23);6-9H,4-5H2,1-3H3,(H2,15,20,22)(H2,16,21,23);;;;/q;;;;4*+2/p-8. The van der Waals surface area contributed by atoms with E-state index in [9.17, 15) is 0 Å². The van der Waals surface area contributed by atoms with Crippen molar-refractivity contribution in [2.45, 2.75) is 96.4 Å². The predicted octanol–water partition coefficient (Wildman–Crippen LogP) is 5.90. The minimum absolute atomic E-state index is 0. The summed E-state index contributed by atoms with van der Waals surface area (Å²) in [5.74, 6) is 0. The summed E-state index contributed by atoms with van der Waals surface area (Å²) in [6, 6.07) is 20.9. The summed E-state index contributed by atoms with van der Waals surface area (Å²) in [5, 5.41) is 90.9. The summed E-state index contributed by atoms with van der Waals surface area (Å²) < 4.78 is 0. The van der Waals surface area contributed by atoms with E-state index in [-0.39, 0.29) is 68.3 Å². The second-order valence-electron chi connectivity index (χ2n) is 17.8. The molecule has 27 nitrogen and oxygen atoms in total. The van der Waals surface area contributed by atoms with Gasteiger partial charge in [0.1, 0.15) is 22.8 Å². The fraction of sp³-hybridized carbons (Fsp3) is 0.373. The predicted molar refractivity (Wildman–Crippen MR) is 415 cm³/mol. The SMILES string of the molecule is CCNC([S-])=NN=C(C)C(=NN=C([S-])NCC)c1ccc(CC)cc1.CCNC([S-])=NN=C(C)C(=NN=C([S-])NCC)c1ccccn1.CCNC([S-])=NN=C(C)C(=NN=C([S-])NCC)c1cccnc1.CCNC([S-])=NN=C(C)C(=NN=C([S-])NCC)c1ccncc1.[Cu+2].[Cu+2].[Cu+2].[Cu+2]. The first-order valence-corrected chi connectivity index (χ1v) is 32.7. The molecule has 1 aromatic carbocycles. The molecule has 3 heterocycles. The van der Waals surface area contributed by atoms with E-state index in [4.69, 9.17) is 101 Å². The van der Waals surface area contributed by atoms with Gasteiger partial charge < -0.3 is 144 Å². The topological polar surface area (TPSA) is 333 Å². The van der Waals surface area contributed by atoms with E-state index in [1.165, 1.54) is 5.56 Å². The summed E-state index contributed by atoms with van der Waals surface area (Å²) in [7, 11) is 0. The van der Waals surface area contributed by atoms with Crippen molar-refractivity contribution in [3.05, 3.63) is 126 Å². The van der Waals surface area contributed by atoms with Crippen LogP contribution < -0.4 is 42.5 Å². The molecule has 39 heteroatoms. The van der Waals surface area contributed by atoms with Crippen LogP contribution in [0.2, 0.25) is 0 Å². The van der Waals surface area contributed by atoms with Gasteiger partial charge in [-0.05, 0) is 173 Å². The molecule has 0 unspecified atom stereocenters. The van der Waals surface area contributed by atoms with Gasteiger partial charge in [-0.1, -0.05) is 37.3 Å². The van der Waals surface area contributed by atoms with Crippen molar-refractivity contribution in [3.8, 4) is 0 Å². The normalized spacial score (nSPS) is 13.3. The summed E-state index contributed by atoms with van der Waals surface area (Å²) >= 11 is 40.4. The van der Waals surface area contributed by atoms with Crippen LogP contribution in [-0.2, 0) is 176 Å². The maximum atomic E-state index is 5.11. The average Bonchev–Trinajstić information content (AvgIpc) is 0.982. The molecule has 0 fully saturated rings. The number of pyridine rings is 3. The smallest absolute Gasteiger partial charge is 0.741 e. The van der Waals surface area contributed by atoms with E-state index in [1.807, 2.05) is 111 Å². The molecule has 544 valence electrons. The first kappa shape index (κ1) is 98.0. The molecule has 98 heavy (non-hydrogen) atoms. The molecule has 0 aliphatic rings. The zero-order chi connectivity index (χ0) is 69.9. The maximum absolute atomic E-state index is 5.11. The fourth-order valence-electron chi connectivity index (χ4n) is 6.29. The van der Waals surface area contributed by atoms with Crippen molar-refractivity contribution < 1.29 is 68.3 Å². The Morgan fingerprint density at radius 2 is 0.592 bits per heavy atom. The molecule has 8 N–H and O–H groups in total. The minimum atomic E-state index is 0. The first-order valence-electron chi connectivity index (χ1n) is 29.5. The Hall–Kier alpha value is -6.37. The fourth-order valence-corrected chi connectivity index (χ4v) is 7.77. The number of hydrogen-bond donors (Lipinski definition) is 8. The summed E-state index contributed by atoms with van der Waals surface area (Å²) in [6.45, 7) is 30.2. The van der Waals surface area contributed by atoms with Crippen LogP contribution >= 0.6 is 0 Å². The minimum Gasteiger partial charge on any atom is -0.741 e. The molecule has 0 amide bonds. The molecule has 0 atom stereocenters. The summed E-state index contributed by atoms with van der Waals surface area (Å²) in [5.41, 5.74) is 8.77. The number of nitrogens with zero attached hydrogens (tertiary/aromatic N) is 19. The Kier molecular flexibility index (Phi) is 61.7. The third-order valence-corrected chi connectivity index (χ3v) is 12.4. The summed E-state index contributed by atoms with van der Waals surface area (Å²) in [6.07, 6.45) is 9.33. The van der Waals surface area contributed by atoms with E-state index in [1.54, 1.807) is 57.8 Å². The summed E-state index contributed by atoms with van der Waals surface area (Å²) in [4.78, 5) is 12.3. The van der Waals surface area contributed by atoms with Crippen LogP contribution in [0.3, 0.4) is 0 Å². The first-order chi connectivity index (χ1) is 45.2. The van der Waals surface area contributed by atoms with E-state index in [2.05, 4.69) is 158 Å². The van der Waals surface area contributed by atoms with Gasteiger partial charge in [0, 0.05) is 100 Å². The van der Waals surface area contributed by atoms with Crippen LogP contribution in [0.15, 0.2) is 179 Å². The van der Waals surface area contributed by atoms with Crippen molar-refractivity contribution in [2.24, 2.45) is 81.6 Å². The van der Waals surface area contributed by atoms with E-state index in [0.29, 0.717) is 145 Å². The quantitative estimate of drug-likeness (QED) is 0.0126. The molecule has 0 saturated heterocycles. The van der Waals surface area contributed by atoms with Gasteiger partial charge in [0.2, 0.25) is 0 Å². The van der Waals surface area contributed by atoms with Crippen molar-refractivity contribution in [2.75, 3.05) is 52.4 Å². The molecule has 0 saturated carbocycles. The number of rotatable bonds is 25. The van der Waals surface area contributed by atoms with E-state index < -0.39 is 0 Å². The number of aryl methyl sites for hydroxylation is 1. The third-order valence-electron chi connectivity index (χ3n) is 10.6. The van der Waals surface area contributed by atoms with Gasteiger partial charge in [-0.2, -0.15) is 61.2 Å². The van der Waals surface area contributed by atoms with Gasteiger partial charge in [-0.15, -0.1) is 20.4 Å². The number of aromatic nitrogens is 3. The van der Waals surface area contributed by atoms with Crippen LogP contribution in [0.4, 0.5) is 0 Å². The van der Waals surface area contributed by atoms with Gasteiger partial charge >= 0.3 is 68.3 Å². The van der Waals surface area contributed by atoms with Gasteiger partial charge in [0.25, 0.3) is 0 Å². The van der Waals surface area contributed by atoms with Gasteiger partial charge in [-0.3, -0.25) is 15.0 Å². The molecular formula is C59H81Cu4N27S8. The van der Waals surface area contributed by atoms with Crippen molar-refractivity contribution in [3.63, 3.8) is 0 Å². The number of nitrogens with one attached hydrogen (secondary N) is 8. The molecule has 0 aliphatic heterocycles. The molecular weight excluding hydrogens is 1600 g/mol. The average molecular weight is 1680 g/mol. The molecule has 4 rings (SSSR count).